The van der Waals surface area contributed by atoms with Gasteiger partial charge in [0, 0.05) is 26.3 Å². The van der Waals surface area contributed by atoms with Gasteiger partial charge < -0.3 is 15.4 Å². The predicted molar refractivity (Wildman–Crippen MR) is 127 cm³/mol. The van der Waals surface area contributed by atoms with E-state index in [2.05, 4.69) is 15.5 Å². The Kier molecular flexibility index (Phi) is 9.68. The number of nitrogens with zero attached hydrogens (tertiary/aromatic N) is 1. The number of carbonyl (C=O) groups excluding carboxylic acids is 2. The number of benzene rings is 1. The minimum Gasteiger partial charge on any atom is -0.381 e. The summed E-state index contributed by atoms with van der Waals surface area (Å²) >= 11 is 0. The molecular formula is C26H40FN3O3. The summed E-state index contributed by atoms with van der Waals surface area (Å²) in [6, 6.07) is 6.20. The van der Waals surface area contributed by atoms with Crippen LogP contribution in [0.3, 0.4) is 0 Å². The molecule has 2 atom stereocenters. The molecule has 184 valence electrons. The van der Waals surface area contributed by atoms with Crippen molar-refractivity contribution < 1.29 is 18.7 Å². The van der Waals surface area contributed by atoms with E-state index in [0.29, 0.717) is 26.3 Å². The van der Waals surface area contributed by atoms with Crippen LogP contribution in [0.25, 0.3) is 0 Å². The highest BCUT2D eigenvalue weighted by molar-refractivity contribution is 5.90. The molecule has 2 aliphatic rings. The molecule has 1 aromatic carbocycles. The lowest BCUT2D eigenvalue weighted by Crippen LogP contribution is -2.56. The van der Waals surface area contributed by atoms with E-state index in [-0.39, 0.29) is 23.5 Å². The maximum Gasteiger partial charge on any atom is 0.242 e. The minimum absolute atomic E-state index is 0.00586. The number of amides is 2. The first kappa shape index (κ1) is 25.6. The van der Waals surface area contributed by atoms with Gasteiger partial charge in [-0.05, 0) is 68.8 Å². The Hall–Kier alpha value is -1.99. The van der Waals surface area contributed by atoms with Crippen LogP contribution in [-0.4, -0.2) is 55.6 Å². The van der Waals surface area contributed by atoms with E-state index in [9.17, 15) is 14.0 Å². The maximum absolute atomic E-state index is 13.7. The molecule has 7 heteroatoms. The fourth-order valence-electron chi connectivity index (χ4n) is 4.88. The highest BCUT2D eigenvalue weighted by Gasteiger charge is 2.42. The summed E-state index contributed by atoms with van der Waals surface area (Å²) < 4.78 is 19.3. The van der Waals surface area contributed by atoms with Crippen molar-refractivity contribution in [2.45, 2.75) is 71.4 Å². The molecule has 6 nitrogen and oxygen atoms in total. The summed E-state index contributed by atoms with van der Waals surface area (Å²) in [6.07, 6.45) is 5.73. The van der Waals surface area contributed by atoms with Gasteiger partial charge in [0.05, 0.1) is 5.41 Å². The molecule has 0 unspecified atom stereocenters. The summed E-state index contributed by atoms with van der Waals surface area (Å²) in [5.41, 5.74) is 0.473. The zero-order chi connectivity index (χ0) is 23.7. The van der Waals surface area contributed by atoms with E-state index in [4.69, 9.17) is 4.74 Å². The highest BCUT2D eigenvalue weighted by atomic mass is 19.1. The van der Waals surface area contributed by atoms with Crippen molar-refractivity contribution in [3.63, 3.8) is 0 Å². The van der Waals surface area contributed by atoms with Gasteiger partial charge in [-0.1, -0.05) is 38.8 Å². The first-order valence-corrected chi connectivity index (χ1v) is 12.6. The Morgan fingerprint density at radius 3 is 2.64 bits per heavy atom. The molecule has 0 bridgehead atoms. The molecule has 0 radical (unpaired) electrons. The summed E-state index contributed by atoms with van der Waals surface area (Å²) in [5.74, 6) is -0.258. The number of halogens is 1. The Bertz CT molecular complexity index is 780. The van der Waals surface area contributed by atoms with E-state index in [0.717, 1.165) is 63.6 Å². The van der Waals surface area contributed by atoms with Crippen molar-refractivity contribution >= 4 is 11.8 Å². The Labute approximate surface area is 197 Å². The summed E-state index contributed by atoms with van der Waals surface area (Å²) in [4.78, 5) is 28.8. The average Bonchev–Trinajstić information content (AvgIpc) is 2.81. The van der Waals surface area contributed by atoms with Crippen LogP contribution in [-0.2, 0) is 20.9 Å². The summed E-state index contributed by atoms with van der Waals surface area (Å²) in [6.45, 7) is 8.19. The van der Waals surface area contributed by atoms with Crippen molar-refractivity contribution in [3.05, 3.63) is 35.6 Å². The average molecular weight is 462 g/mol. The van der Waals surface area contributed by atoms with E-state index in [1.807, 2.05) is 19.9 Å². The predicted octanol–water partition coefficient (Wildman–Crippen LogP) is 3.65. The molecular weight excluding hydrogens is 421 g/mol. The first-order valence-electron chi connectivity index (χ1n) is 12.6. The molecule has 2 saturated heterocycles. The third kappa shape index (κ3) is 7.24. The van der Waals surface area contributed by atoms with Gasteiger partial charge in [0.2, 0.25) is 11.8 Å². The van der Waals surface area contributed by atoms with Gasteiger partial charge in [-0.2, -0.15) is 0 Å². The topological polar surface area (TPSA) is 70.7 Å². The zero-order valence-corrected chi connectivity index (χ0v) is 20.2. The van der Waals surface area contributed by atoms with Gasteiger partial charge in [0.1, 0.15) is 11.9 Å². The molecule has 2 N–H and O–H groups in total. The van der Waals surface area contributed by atoms with Gasteiger partial charge in [0.15, 0.2) is 0 Å². The van der Waals surface area contributed by atoms with Crippen LogP contribution in [0.1, 0.15) is 64.4 Å². The zero-order valence-electron chi connectivity index (χ0n) is 20.2. The lowest BCUT2D eigenvalue weighted by atomic mass is 9.73. The van der Waals surface area contributed by atoms with Crippen LogP contribution < -0.4 is 10.6 Å². The molecule has 2 amide bonds. The summed E-state index contributed by atoms with van der Waals surface area (Å²) in [7, 11) is 0. The van der Waals surface area contributed by atoms with Gasteiger partial charge in [-0.3, -0.25) is 14.5 Å². The number of piperidine rings is 1. The van der Waals surface area contributed by atoms with E-state index in [1.54, 1.807) is 12.1 Å². The van der Waals surface area contributed by atoms with Gasteiger partial charge >= 0.3 is 0 Å². The molecule has 2 fully saturated rings. The lowest BCUT2D eigenvalue weighted by molar-refractivity contribution is -0.139. The molecule has 2 aliphatic heterocycles. The van der Waals surface area contributed by atoms with Crippen LogP contribution in [0.2, 0.25) is 0 Å². The van der Waals surface area contributed by atoms with Crippen LogP contribution in [0.5, 0.6) is 0 Å². The largest absolute Gasteiger partial charge is 0.381 e. The van der Waals surface area contributed by atoms with Crippen LogP contribution in [0.4, 0.5) is 4.39 Å². The number of hydrogen-bond donors (Lipinski definition) is 2. The molecule has 1 aromatic rings. The third-order valence-corrected chi connectivity index (χ3v) is 7.33. The number of hydrogen-bond acceptors (Lipinski definition) is 4. The van der Waals surface area contributed by atoms with Crippen LogP contribution in [0.15, 0.2) is 24.3 Å². The second-order valence-electron chi connectivity index (χ2n) is 9.74. The number of carbonyl (C=O) groups is 2. The molecule has 0 saturated carbocycles. The Morgan fingerprint density at radius 1 is 1.15 bits per heavy atom. The Morgan fingerprint density at radius 2 is 1.91 bits per heavy atom. The number of ether oxygens (including phenoxy) is 1. The second-order valence-corrected chi connectivity index (χ2v) is 9.74. The molecule has 0 aromatic heterocycles. The summed E-state index contributed by atoms with van der Waals surface area (Å²) in [5, 5.41) is 6.13. The standard InChI is InChI=1S/C26H40FN3O3/c1-3-20(2)23-24(31)28-13-7-17-33-16-5-4-10-26(25(32)29-23)11-14-30(15-12-26)19-21-8-6-9-22(27)18-21/h6,8-9,18,20,23H,3-5,7,10-17,19H2,1-2H3,(H,28,31)(H,29,32)/t20-,23-/m0/s1. The van der Waals surface area contributed by atoms with Crippen LogP contribution in [0, 0.1) is 17.2 Å². The fourth-order valence-corrected chi connectivity index (χ4v) is 4.88. The SMILES string of the molecule is CC[C@H](C)[C@@H]1NC(=O)C2(CCCCOCCCNC1=O)CCN(Cc1cccc(F)c1)CC2. The normalized spacial score (nSPS) is 24.5. The monoisotopic (exact) mass is 461 g/mol. The van der Waals surface area contributed by atoms with Gasteiger partial charge in [0.25, 0.3) is 0 Å². The lowest BCUT2D eigenvalue weighted by Gasteiger charge is -2.42. The maximum atomic E-state index is 13.7. The Balaban J connectivity index is 1.71. The number of nitrogens with one attached hydrogen (secondary N) is 2. The van der Waals surface area contributed by atoms with Crippen molar-refractivity contribution in [2.75, 3.05) is 32.8 Å². The quantitative estimate of drug-likeness (QED) is 0.718. The number of likely N-dealkylation sites (tertiary alicyclic amines) is 1. The van der Waals surface area contributed by atoms with E-state index in [1.165, 1.54) is 6.07 Å². The van der Waals surface area contributed by atoms with Gasteiger partial charge in [-0.15, -0.1) is 0 Å². The molecule has 33 heavy (non-hydrogen) atoms. The molecule has 2 heterocycles. The van der Waals surface area contributed by atoms with Crippen molar-refractivity contribution in [1.82, 2.24) is 15.5 Å². The van der Waals surface area contributed by atoms with Gasteiger partial charge in [-0.25, -0.2) is 4.39 Å². The first-order chi connectivity index (χ1) is 15.9. The minimum atomic E-state index is -0.520. The fraction of sp³-hybridized carbons (Fsp3) is 0.692. The molecule has 3 rings (SSSR count). The number of rotatable bonds is 4. The third-order valence-electron chi connectivity index (χ3n) is 7.33. The van der Waals surface area contributed by atoms with Crippen molar-refractivity contribution in [2.24, 2.45) is 11.3 Å². The van der Waals surface area contributed by atoms with Crippen molar-refractivity contribution in [3.8, 4) is 0 Å². The molecule has 1 spiro atoms. The van der Waals surface area contributed by atoms with Crippen LogP contribution >= 0.6 is 0 Å². The van der Waals surface area contributed by atoms with Crippen molar-refractivity contribution in [1.29, 1.82) is 0 Å². The van der Waals surface area contributed by atoms with E-state index < -0.39 is 11.5 Å². The van der Waals surface area contributed by atoms with E-state index >= 15 is 0 Å². The molecule has 0 aliphatic carbocycles. The smallest absolute Gasteiger partial charge is 0.242 e. The second kappa shape index (κ2) is 12.5. The highest BCUT2D eigenvalue weighted by Crippen LogP contribution is 2.38.